The Morgan fingerprint density at radius 3 is 2.53 bits per heavy atom. The largest absolute Gasteiger partial charge is 0.493 e. The van der Waals surface area contributed by atoms with E-state index in [0.717, 1.165) is 43.0 Å². The van der Waals surface area contributed by atoms with Crippen molar-refractivity contribution in [3.05, 3.63) is 65.2 Å². The van der Waals surface area contributed by atoms with Gasteiger partial charge in [0, 0.05) is 31.2 Å². The highest BCUT2D eigenvalue weighted by molar-refractivity contribution is 5.95. The van der Waals surface area contributed by atoms with Crippen LogP contribution >= 0.6 is 0 Å². The van der Waals surface area contributed by atoms with Gasteiger partial charge in [-0.25, -0.2) is 0 Å². The van der Waals surface area contributed by atoms with Crippen LogP contribution in [-0.4, -0.2) is 61.6 Å². The molecule has 7 heteroatoms. The van der Waals surface area contributed by atoms with Crippen LogP contribution in [0, 0.1) is 5.92 Å². The van der Waals surface area contributed by atoms with Gasteiger partial charge in [-0.05, 0) is 68.8 Å². The number of carbonyl (C=O) groups is 1. The number of carbonyl (C=O) groups excluding carboxylic acids is 1. The van der Waals surface area contributed by atoms with Gasteiger partial charge in [-0.1, -0.05) is 61.2 Å². The molecule has 0 bridgehead atoms. The van der Waals surface area contributed by atoms with Crippen molar-refractivity contribution >= 4 is 12.0 Å². The zero-order chi connectivity index (χ0) is 26.9. The lowest BCUT2D eigenvalue weighted by Gasteiger charge is -2.34. The summed E-state index contributed by atoms with van der Waals surface area (Å²) < 4.78 is 35.9. The van der Waals surface area contributed by atoms with Crippen molar-refractivity contribution < 1.29 is 23.0 Å². The van der Waals surface area contributed by atoms with Crippen LogP contribution in [0.15, 0.2) is 54.1 Å². The van der Waals surface area contributed by atoms with Crippen molar-refractivity contribution in [3.63, 3.8) is 0 Å². The van der Waals surface area contributed by atoms with Gasteiger partial charge in [0.1, 0.15) is 0 Å². The summed E-state index contributed by atoms with van der Waals surface area (Å²) in [7, 11) is 1.39. The second-order valence-electron chi connectivity index (χ2n) is 10.6. The molecule has 1 amide bonds. The van der Waals surface area contributed by atoms with Crippen molar-refractivity contribution in [1.82, 2.24) is 9.80 Å². The van der Waals surface area contributed by atoms with E-state index in [1.54, 1.807) is 6.07 Å². The minimum Gasteiger partial charge on any atom is -0.493 e. The van der Waals surface area contributed by atoms with E-state index in [0.29, 0.717) is 24.7 Å². The number of nitrogens with zero attached hydrogens (tertiary/aromatic N) is 2. The molecule has 2 aromatic carbocycles. The third kappa shape index (κ3) is 7.79. The molecule has 2 aliphatic rings. The van der Waals surface area contributed by atoms with Gasteiger partial charge in [0.15, 0.2) is 11.5 Å². The number of hydrogen-bond acceptors (Lipinski definition) is 4. The molecule has 0 unspecified atom stereocenters. The minimum atomic E-state index is -3.01. The average molecular weight is 527 g/mol. The molecule has 2 fully saturated rings. The first-order valence-corrected chi connectivity index (χ1v) is 13.8. The SMILES string of the molecule is COc1ccc(C(=O)N(CC(C)=Cc2ccccc2)C[C@@H]2CCCN2CC2CCCCC2)cc1OC(F)F. The quantitative estimate of drug-likeness (QED) is 0.320. The van der Waals surface area contributed by atoms with E-state index in [1.807, 2.05) is 42.2 Å². The second kappa shape index (κ2) is 13.7. The van der Waals surface area contributed by atoms with E-state index in [1.165, 1.54) is 51.3 Å². The molecule has 1 saturated heterocycles. The van der Waals surface area contributed by atoms with Crippen LogP contribution in [0.4, 0.5) is 8.78 Å². The molecule has 0 aromatic heterocycles. The number of ether oxygens (including phenoxy) is 2. The fourth-order valence-electron chi connectivity index (χ4n) is 5.88. The molecule has 0 spiro atoms. The summed E-state index contributed by atoms with van der Waals surface area (Å²) in [4.78, 5) is 18.3. The number of hydrogen-bond donors (Lipinski definition) is 0. The fourth-order valence-corrected chi connectivity index (χ4v) is 5.88. The first-order valence-electron chi connectivity index (χ1n) is 13.8. The highest BCUT2D eigenvalue weighted by atomic mass is 19.3. The number of amides is 1. The topological polar surface area (TPSA) is 42.0 Å². The molecular formula is C31H40F2N2O3. The fraction of sp³-hybridized carbons (Fsp3) is 0.516. The van der Waals surface area contributed by atoms with Gasteiger partial charge in [-0.2, -0.15) is 8.78 Å². The maximum absolute atomic E-state index is 13.9. The van der Waals surface area contributed by atoms with Crippen LogP contribution in [0.3, 0.4) is 0 Å². The van der Waals surface area contributed by atoms with Crippen molar-refractivity contribution in [2.75, 3.05) is 33.3 Å². The lowest BCUT2D eigenvalue weighted by atomic mass is 9.89. The van der Waals surface area contributed by atoms with Gasteiger partial charge in [0.05, 0.1) is 7.11 Å². The maximum atomic E-state index is 13.9. The number of halogens is 2. The molecule has 38 heavy (non-hydrogen) atoms. The molecule has 1 aliphatic heterocycles. The van der Waals surface area contributed by atoms with E-state index in [9.17, 15) is 13.6 Å². The molecule has 2 aromatic rings. The van der Waals surface area contributed by atoms with Gasteiger partial charge in [0.25, 0.3) is 5.91 Å². The molecule has 1 saturated carbocycles. The van der Waals surface area contributed by atoms with Crippen LogP contribution in [0.1, 0.15) is 67.8 Å². The Morgan fingerprint density at radius 1 is 1.05 bits per heavy atom. The van der Waals surface area contributed by atoms with E-state index >= 15 is 0 Å². The number of likely N-dealkylation sites (tertiary alicyclic amines) is 1. The Bertz CT molecular complexity index is 1070. The van der Waals surface area contributed by atoms with Gasteiger partial charge in [0.2, 0.25) is 0 Å². The van der Waals surface area contributed by atoms with Gasteiger partial charge >= 0.3 is 6.61 Å². The van der Waals surface area contributed by atoms with Gasteiger partial charge in [-0.3, -0.25) is 9.69 Å². The van der Waals surface area contributed by atoms with Crippen molar-refractivity contribution in [2.45, 2.75) is 64.5 Å². The predicted octanol–water partition coefficient (Wildman–Crippen LogP) is 6.89. The highest BCUT2D eigenvalue weighted by Gasteiger charge is 2.31. The molecule has 0 radical (unpaired) electrons. The van der Waals surface area contributed by atoms with E-state index < -0.39 is 6.61 Å². The number of alkyl halides is 2. The zero-order valence-electron chi connectivity index (χ0n) is 22.6. The molecule has 1 heterocycles. The monoisotopic (exact) mass is 526 g/mol. The number of rotatable bonds is 11. The van der Waals surface area contributed by atoms with Crippen LogP contribution < -0.4 is 9.47 Å². The highest BCUT2D eigenvalue weighted by Crippen LogP contribution is 2.31. The summed E-state index contributed by atoms with van der Waals surface area (Å²) in [5.74, 6) is 0.577. The normalized spacial score (nSPS) is 19.1. The lowest BCUT2D eigenvalue weighted by Crippen LogP contribution is -2.45. The smallest absolute Gasteiger partial charge is 0.387 e. The Kier molecular flexibility index (Phi) is 10.2. The molecule has 5 nitrogen and oxygen atoms in total. The van der Waals surface area contributed by atoms with Crippen LogP contribution in [0.2, 0.25) is 0 Å². The third-order valence-corrected chi connectivity index (χ3v) is 7.71. The number of methoxy groups -OCH3 is 1. The van der Waals surface area contributed by atoms with Crippen LogP contribution in [-0.2, 0) is 0 Å². The summed E-state index contributed by atoms with van der Waals surface area (Å²) in [6.45, 7) is 2.24. The molecule has 1 atom stereocenters. The molecule has 4 rings (SSSR count). The van der Waals surface area contributed by atoms with Gasteiger partial charge in [-0.15, -0.1) is 0 Å². The van der Waals surface area contributed by atoms with Crippen molar-refractivity contribution in [2.24, 2.45) is 5.92 Å². The average Bonchev–Trinajstić information content (AvgIpc) is 3.35. The lowest BCUT2D eigenvalue weighted by molar-refractivity contribution is -0.0512. The van der Waals surface area contributed by atoms with Crippen molar-refractivity contribution in [3.8, 4) is 11.5 Å². The van der Waals surface area contributed by atoms with Crippen molar-refractivity contribution in [1.29, 1.82) is 0 Å². The summed E-state index contributed by atoms with van der Waals surface area (Å²) in [5.41, 5.74) is 2.44. The zero-order valence-corrected chi connectivity index (χ0v) is 22.6. The summed E-state index contributed by atoms with van der Waals surface area (Å²) >= 11 is 0. The van der Waals surface area contributed by atoms with E-state index in [2.05, 4.69) is 15.7 Å². The Labute approximate surface area is 225 Å². The molecular weight excluding hydrogens is 486 g/mol. The Balaban J connectivity index is 1.56. The molecule has 0 N–H and O–H groups in total. The molecule has 206 valence electrons. The third-order valence-electron chi connectivity index (χ3n) is 7.71. The second-order valence-corrected chi connectivity index (χ2v) is 10.6. The van der Waals surface area contributed by atoms with E-state index in [-0.39, 0.29) is 17.4 Å². The predicted molar refractivity (Wildman–Crippen MR) is 147 cm³/mol. The Hall–Kier alpha value is -2.93. The van der Waals surface area contributed by atoms with Gasteiger partial charge < -0.3 is 14.4 Å². The van der Waals surface area contributed by atoms with Crippen LogP contribution in [0.5, 0.6) is 11.5 Å². The first-order chi connectivity index (χ1) is 18.4. The maximum Gasteiger partial charge on any atom is 0.387 e. The van der Waals surface area contributed by atoms with Crippen LogP contribution in [0.25, 0.3) is 6.08 Å². The Morgan fingerprint density at radius 2 is 1.82 bits per heavy atom. The molecule has 1 aliphatic carbocycles. The summed E-state index contributed by atoms with van der Waals surface area (Å²) in [6.07, 6.45) is 10.8. The summed E-state index contributed by atoms with van der Waals surface area (Å²) in [5, 5.41) is 0. The standard InChI is InChI=1S/C31H40F2N2O3/c1-23(18-24-10-5-3-6-11-24)20-35(22-27-14-9-17-34(27)21-25-12-7-4-8-13-25)30(36)26-15-16-28(37-2)29(19-26)38-31(32)33/h3,5-6,10-11,15-16,18-19,25,27,31H,4,7-9,12-14,17,20-22H2,1-2H3/t27-/m0/s1. The first kappa shape index (κ1) is 28.1. The summed E-state index contributed by atoms with van der Waals surface area (Å²) in [6, 6.07) is 14.8. The minimum absolute atomic E-state index is 0.135. The number of benzene rings is 2. The van der Waals surface area contributed by atoms with E-state index in [4.69, 9.17) is 4.74 Å².